The minimum atomic E-state index is -5.26. The van der Waals surface area contributed by atoms with Crippen LogP contribution in [0.4, 0.5) is 27.6 Å². The van der Waals surface area contributed by atoms with E-state index >= 15 is 0 Å². The number of nitrogens with zero attached hydrogens (tertiary/aromatic N) is 3. The average molecular weight is 604 g/mol. The molecule has 224 valence electrons. The standard InChI is InChI=1S/C29H22F5N3O6/c1-2-41-28-35-25-19(31)9-15(30)10-21(25)37(28)20-5-3-4-18-22(13-43-26(18)20)36(27(40)29(32,33)34)16-6-7-17-14(8-24(38)39)12-42-23(17)11-16/h3-7,9-11,14,22H,2,8,12-13H2,1H3,(H,38,39)/t14-,22-/m1/s1. The highest BCUT2D eigenvalue weighted by atomic mass is 19.4. The van der Waals surface area contributed by atoms with E-state index in [0.29, 0.717) is 16.5 Å². The molecule has 2 atom stereocenters. The van der Waals surface area contributed by atoms with Crippen molar-refractivity contribution >= 4 is 28.6 Å². The summed E-state index contributed by atoms with van der Waals surface area (Å²) in [5.41, 5.74) is 0.550. The lowest BCUT2D eigenvalue weighted by Gasteiger charge is -2.29. The number of carbonyl (C=O) groups is 2. The molecule has 4 aromatic rings. The molecule has 2 aliphatic heterocycles. The van der Waals surface area contributed by atoms with Gasteiger partial charge in [0, 0.05) is 40.9 Å². The highest BCUT2D eigenvalue weighted by Gasteiger charge is 2.48. The number of fused-ring (bicyclic) bond motifs is 3. The lowest BCUT2D eigenvalue weighted by Crippen LogP contribution is -2.44. The number of carboxylic acids is 1. The van der Waals surface area contributed by atoms with Gasteiger partial charge in [-0.15, -0.1) is 0 Å². The zero-order chi connectivity index (χ0) is 30.6. The first-order valence-corrected chi connectivity index (χ1v) is 13.1. The van der Waals surface area contributed by atoms with Crippen LogP contribution in [-0.4, -0.2) is 52.5 Å². The molecule has 3 heterocycles. The monoisotopic (exact) mass is 603 g/mol. The van der Waals surface area contributed by atoms with Gasteiger partial charge in [0.2, 0.25) is 0 Å². The Kier molecular flexibility index (Phi) is 6.86. The third-order valence-electron chi connectivity index (χ3n) is 7.28. The maximum Gasteiger partial charge on any atom is 0.471 e. The second kappa shape index (κ2) is 10.4. The van der Waals surface area contributed by atoms with Crippen molar-refractivity contribution in [2.45, 2.75) is 31.5 Å². The summed E-state index contributed by atoms with van der Waals surface area (Å²) in [6.07, 6.45) is -5.49. The maximum absolute atomic E-state index is 14.6. The number of imidazole rings is 1. The summed E-state index contributed by atoms with van der Waals surface area (Å²) >= 11 is 0. The molecule has 43 heavy (non-hydrogen) atoms. The van der Waals surface area contributed by atoms with E-state index in [4.69, 9.17) is 19.3 Å². The fourth-order valence-corrected chi connectivity index (χ4v) is 5.51. The average Bonchev–Trinajstić information content (AvgIpc) is 3.64. The second-order valence-electron chi connectivity index (χ2n) is 9.94. The molecular weight excluding hydrogens is 581 g/mol. The Morgan fingerprint density at radius 2 is 1.88 bits per heavy atom. The summed E-state index contributed by atoms with van der Waals surface area (Å²) in [5, 5.41) is 9.17. The van der Waals surface area contributed by atoms with Crippen molar-refractivity contribution in [3.63, 3.8) is 0 Å². The van der Waals surface area contributed by atoms with Crippen LogP contribution in [0.1, 0.15) is 36.4 Å². The van der Waals surface area contributed by atoms with E-state index in [9.17, 15) is 31.5 Å². The van der Waals surface area contributed by atoms with Crippen LogP contribution in [0.2, 0.25) is 0 Å². The van der Waals surface area contributed by atoms with Gasteiger partial charge in [0.05, 0.1) is 36.9 Å². The number of ether oxygens (including phenoxy) is 3. The van der Waals surface area contributed by atoms with Crippen molar-refractivity contribution in [3.05, 3.63) is 71.3 Å². The van der Waals surface area contributed by atoms with E-state index in [-0.39, 0.29) is 71.7 Å². The second-order valence-corrected chi connectivity index (χ2v) is 9.94. The van der Waals surface area contributed by atoms with E-state index < -0.39 is 41.6 Å². The molecule has 1 N–H and O–H groups in total. The SMILES string of the molecule is CCOc1nc2c(F)cc(F)cc2n1-c1cccc2c1OC[C@H]2N(C(=O)C(F)(F)F)c1ccc2c(c1)OC[C@H]2CC(=O)O. The molecule has 0 unspecified atom stereocenters. The van der Waals surface area contributed by atoms with E-state index in [1.807, 2.05) is 0 Å². The minimum Gasteiger partial charge on any atom is -0.493 e. The molecular formula is C29H22F5N3O6. The van der Waals surface area contributed by atoms with Crippen LogP contribution in [0.15, 0.2) is 48.5 Å². The highest BCUT2D eigenvalue weighted by molar-refractivity contribution is 5.98. The summed E-state index contributed by atoms with van der Waals surface area (Å²) in [6, 6.07) is 8.88. The van der Waals surface area contributed by atoms with Gasteiger partial charge in [-0.3, -0.25) is 19.1 Å². The Morgan fingerprint density at radius 1 is 1.09 bits per heavy atom. The molecule has 0 radical (unpaired) electrons. The summed E-state index contributed by atoms with van der Waals surface area (Å²) in [4.78, 5) is 28.8. The van der Waals surface area contributed by atoms with Gasteiger partial charge in [-0.25, -0.2) is 8.78 Å². The van der Waals surface area contributed by atoms with Crippen LogP contribution in [0, 0.1) is 11.6 Å². The number of hydrogen-bond acceptors (Lipinski definition) is 6. The smallest absolute Gasteiger partial charge is 0.471 e. The molecule has 0 spiro atoms. The maximum atomic E-state index is 14.6. The van der Waals surface area contributed by atoms with Crippen molar-refractivity contribution < 1.29 is 50.9 Å². The van der Waals surface area contributed by atoms with Gasteiger partial charge in [-0.05, 0) is 19.1 Å². The van der Waals surface area contributed by atoms with Crippen molar-refractivity contribution in [2.24, 2.45) is 0 Å². The van der Waals surface area contributed by atoms with Crippen LogP contribution in [0.3, 0.4) is 0 Å². The molecule has 0 bridgehead atoms. The molecule has 1 amide bonds. The van der Waals surface area contributed by atoms with E-state index in [0.717, 1.165) is 6.07 Å². The van der Waals surface area contributed by atoms with Crippen LogP contribution in [0.25, 0.3) is 16.7 Å². The lowest BCUT2D eigenvalue weighted by molar-refractivity contribution is -0.171. The number of rotatable bonds is 7. The zero-order valence-electron chi connectivity index (χ0n) is 22.3. The molecule has 2 aliphatic rings. The molecule has 0 saturated carbocycles. The predicted molar refractivity (Wildman–Crippen MR) is 141 cm³/mol. The molecule has 0 fully saturated rings. The molecule has 0 saturated heterocycles. The fraction of sp³-hybridized carbons (Fsp3) is 0.276. The Hall–Kier alpha value is -4.88. The lowest BCUT2D eigenvalue weighted by atomic mass is 9.97. The number of carbonyl (C=O) groups excluding carboxylic acids is 1. The van der Waals surface area contributed by atoms with E-state index in [1.165, 1.54) is 41.0 Å². The largest absolute Gasteiger partial charge is 0.493 e. The number of aliphatic carboxylic acids is 1. The summed E-state index contributed by atoms with van der Waals surface area (Å²) < 4.78 is 89.1. The zero-order valence-corrected chi connectivity index (χ0v) is 22.3. The number of alkyl halides is 3. The topological polar surface area (TPSA) is 103 Å². The Bertz CT molecular complexity index is 1770. The number of amides is 1. The van der Waals surface area contributed by atoms with Gasteiger partial charge in [0.15, 0.2) is 5.82 Å². The number of hydrogen-bond donors (Lipinski definition) is 1. The number of para-hydroxylation sites is 1. The molecule has 6 rings (SSSR count). The molecule has 14 heteroatoms. The van der Waals surface area contributed by atoms with Crippen molar-refractivity contribution in [3.8, 4) is 23.2 Å². The molecule has 9 nitrogen and oxygen atoms in total. The normalized spacial score (nSPS) is 17.3. The number of benzene rings is 3. The third kappa shape index (κ3) is 4.85. The number of halogens is 5. The van der Waals surface area contributed by atoms with Gasteiger partial charge in [-0.1, -0.05) is 18.2 Å². The van der Waals surface area contributed by atoms with Crippen LogP contribution in [0.5, 0.6) is 17.5 Å². The van der Waals surface area contributed by atoms with Gasteiger partial charge < -0.3 is 19.3 Å². The quantitative estimate of drug-likeness (QED) is 0.271. The van der Waals surface area contributed by atoms with E-state index in [1.54, 1.807) is 6.92 Å². The first-order valence-electron chi connectivity index (χ1n) is 13.1. The number of carboxylic acid groups (broad SMARTS) is 1. The van der Waals surface area contributed by atoms with Crippen molar-refractivity contribution in [2.75, 3.05) is 24.7 Å². The van der Waals surface area contributed by atoms with Gasteiger partial charge in [0.1, 0.15) is 29.4 Å². The molecule has 1 aromatic heterocycles. The number of anilines is 1. The van der Waals surface area contributed by atoms with Gasteiger partial charge in [-0.2, -0.15) is 18.2 Å². The summed E-state index contributed by atoms with van der Waals surface area (Å²) in [7, 11) is 0. The Labute approximate surface area is 240 Å². The first kappa shape index (κ1) is 28.2. The van der Waals surface area contributed by atoms with Gasteiger partial charge in [0.25, 0.3) is 0 Å². The third-order valence-corrected chi connectivity index (χ3v) is 7.28. The summed E-state index contributed by atoms with van der Waals surface area (Å²) in [5.74, 6) is -5.29. The molecule has 0 aliphatic carbocycles. The Morgan fingerprint density at radius 3 is 2.60 bits per heavy atom. The minimum absolute atomic E-state index is 0.00342. The Balaban J connectivity index is 1.47. The number of aromatic nitrogens is 2. The van der Waals surface area contributed by atoms with E-state index in [2.05, 4.69) is 4.98 Å². The van der Waals surface area contributed by atoms with Crippen LogP contribution in [-0.2, 0) is 9.59 Å². The van der Waals surface area contributed by atoms with Crippen LogP contribution < -0.4 is 19.1 Å². The van der Waals surface area contributed by atoms with Gasteiger partial charge >= 0.3 is 24.1 Å². The first-order chi connectivity index (χ1) is 20.5. The fourth-order valence-electron chi connectivity index (χ4n) is 5.51. The molecule has 3 aromatic carbocycles. The predicted octanol–water partition coefficient (Wildman–Crippen LogP) is 5.68. The van der Waals surface area contributed by atoms with Crippen LogP contribution >= 0.6 is 0 Å². The highest BCUT2D eigenvalue weighted by Crippen LogP contribution is 2.47. The van der Waals surface area contributed by atoms with Crippen molar-refractivity contribution in [1.29, 1.82) is 0 Å². The van der Waals surface area contributed by atoms with Crippen molar-refractivity contribution in [1.82, 2.24) is 9.55 Å². The summed E-state index contributed by atoms with van der Waals surface area (Å²) in [6.45, 7) is 1.42.